The Hall–Kier alpha value is -0.350. The van der Waals surface area contributed by atoms with Crippen molar-refractivity contribution in [1.82, 2.24) is 0 Å². The fourth-order valence-corrected chi connectivity index (χ4v) is 3.23. The van der Waals surface area contributed by atoms with Crippen LogP contribution in [0.4, 0.5) is 0 Å². The van der Waals surface area contributed by atoms with Crippen LogP contribution in [0.3, 0.4) is 0 Å². The van der Waals surface area contributed by atoms with Crippen molar-refractivity contribution in [3.63, 3.8) is 0 Å². The summed E-state index contributed by atoms with van der Waals surface area (Å²) in [5, 5.41) is 0. The van der Waals surface area contributed by atoms with Crippen LogP contribution in [0.1, 0.15) is 90.9 Å². The van der Waals surface area contributed by atoms with Gasteiger partial charge in [-0.05, 0) is 51.4 Å². The van der Waals surface area contributed by atoms with Crippen LogP contribution >= 0.6 is 0 Å². The Kier molecular flexibility index (Phi) is 24.7. The Morgan fingerprint density at radius 2 is 1.13 bits per heavy atom. The highest BCUT2D eigenvalue weighted by atomic mass is 35.5. The third kappa shape index (κ3) is 25.7. The molecule has 0 saturated carbocycles. The van der Waals surface area contributed by atoms with Crippen molar-refractivity contribution in [2.75, 3.05) is 47.5 Å². The average molecular weight is 446 g/mol. The number of hydrogen-bond acceptors (Lipinski definition) is 2. The van der Waals surface area contributed by atoms with Crippen LogP contribution in [0.2, 0.25) is 0 Å². The lowest BCUT2D eigenvalue weighted by Gasteiger charge is -2.29. The lowest BCUT2D eigenvalue weighted by Crippen LogP contribution is -3.00. The van der Waals surface area contributed by atoms with Crippen LogP contribution in [0.5, 0.6) is 0 Å². The van der Waals surface area contributed by atoms with Gasteiger partial charge in [0.05, 0.1) is 27.7 Å². The van der Waals surface area contributed by atoms with Crippen LogP contribution < -0.4 is 12.4 Å². The van der Waals surface area contributed by atoms with Crippen molar-refractivity contribution in [3.8, 4) is 0 Å². The van der Waals surface area contributed by atoms with Gasteiger partial charge in [-0.25, -0.2) is 0 Å². The number of nitrogens with zero attached hydrogens (tertiary/aromatic N) is 1. The van der Waals surface area contributed by atoms with E-state index in [2.05, 4.69) is 59.3 Å². The molecule has 0 aromatic heterocycles. The lowest BCUT2D eigenvalue weighted by atomic mass is 10.2. The van der Waals surface area contributed by atoms with E-state index in [1.807, 2.05) is 0 Å². The molecule has 0 amide bonds. The van der Waals surface area contributed by atoms with Crippen LogP contribution in [0.25, 0.3) is 0 Å². The molecule has 1 atom stereocenters. The zero-order chi connectivity index (χ0) is 21.6. The number of likely N-dealkylation sites (N-methyl/N-ethyl adjacent to an activating group) is 1. The first-order chi connectivity index (χ1) is 14.0. The van der Waals surface area contributed by atoms with E-state index in [1.165, 1.54) is 51.4 Å². The molecule has 0 rings (SSSR count). The zero-order valence-electron chi connectivity index (χ0n) is 20.8. The van der Waals surface area contributed by atoms with E-state index in [9.17, 15) is 0 Å². The second kappa shape index (κ2) is 23.3. The van der Waals surface area contributed by atoms with Gasteiger partial charge in [-0.1, -0.05) is 63.8 Å². The fraction of sp³-hybridized carbons (Fsp3) is 0.846. The number of rotatable bonds is 21. The van der Waals surface area contributed by atoms with E-state index in [4.69, 9.17) is 9.47 Å². The number of ether oxygens (including phenoxy) is 2. The van der Waals surface area contributed by atoms with Crippen molar-refractivity contribution < 1.29 is 26.4 Å². The van der Waals surface area contributed by atoms with Crippen molar-refractivity contribution >= 4 is 0 Å². The summed E-state index contributed by atoms with van der Waals surface area (Å²) in [6.45, 7) is 7.87. The topological polar surface area (TPSA) is 18.5 Å². The second-order valence-corrected chi connectivity index (χ2v) is 9.26. The fourth-order valence-electron chi connectivity index (χ4n) is 3.23. The van der Waals surface area contributed by atoms with Gasteiger partial charge in [-0.15, -0.1) is 0 Å². The van der Waals surface area contributed by atoms with Gasteiger partial charge in [0.1, 0.15) is 12.6 Å². The summed E-state index contributed by atoms with van der Waals surface area (Å²) >= 11 is 0. The number of halogens is 1. The molecule has 0 aliphatic carbocycles. The SMILES string of the molecule is CCCCC/C=C\CCCOC[C@H](C[N+](C)(C)C)OCCC/C=C\CCCCC.[Cl-]. The molecule has 0 N–H and O–H groups in total. The van der Waals surface area contributed by atoms with Gasteiger partial charge in [0.2, 0.25) is 0 Å². The normalized spacial score (nSPS) is 13.2. The summed E-state index contributed by atoms with van der Waals surface area (Å²) < 4.78 is 13.0. The number of hydrogen-bond donors (Lipinski definition) is 0. The molecule has 0 aromatic carbocycles. The Morgan fingerprint density at radius 1 is 0.667 bits per heavy atom. The van der Waals surface area contributed by atoms with E-state index in [1.54, 1.807) is 0 Å². The molecule has 4 heteroatoms. The molecule has 0 aliphatic heterocycles. The second-order valence-electron chi connectivity index (χ2n) is 9.26. The molecule has 0 aliphatic rings. The maximum absolute atomic E-state index is 6.16. The van der Waals surface area contributed by atoms with Crippen molar-refractivity contribution in [2.45, 2.75) is 97.0 Å². The molecular formula is C26H52ClNO2. The minimum absolute atomic E-state index is 0. The Labute approximate surface area is 195 Å². The van der Waals surface area contributed by atoms with E-state index >= 15 is 0 Å². The van der Waals surface area contributed by atoms with Crippen LogP contribution in [0, 0.1) is 0 Å². The first-order valence-corrected chi connectivity index (χ1v) is 12.3. The van der Waals surface area contributed by atoms with Crippen molar-refractivity contribution in [2.24, 2.45) is 0 Å². The molecule has 3 nitrogen and oxygen atoms in total. The lowest BCUT2D eigenvalue weighted by molar-refractivity contribution is -0.873. The molecule has 0 spiro atoms. The molecule has 0 aromatic rings. The number of allylic oxidation sites excluding steroid dienone is 4. The number of quaternary nitrogens is 1. The van der Waals surface area contributed by atoms with Crippen LogP contribution in [-0.4, -0.2) is 58.1 Å². The summed E-state index contributed by atoms with van der Waals surface area (Å²) in [4.78, 5) is 0. The molecular weight excluding hydrogens is 394 g/mol. The van der Waals surface area contributed by atoms with Crippen LogP contribution in [0.15, 0.2) is 24.3 Å². The minimum atomic E-state index is 0. The highest BCUT2D eigenvalue weighted by Crippen LogP contribution is 2.06. The smallest absolute Gasteiger partial charge is 0.130 e. The van der Waals surface area contributed by atoms with Gasteiger partial charge in [-0.3, -0.25) is 0 Å². The summed E-state index contributed by atoms with van der Waals surface area (Å²) in [5.74, 6) is 0. The Morgan fingerprint density at radius 3 is 1.60 bits per heavy atom. The summed E-state index contributed by atoms with van der Waals surface area (Å²) in [6, 6.07) is 0. The van der Waals surface area contributed by atoms with E-state index < -0.39 is 0 Å². The highest BCUT2D eigenvalue weighted by molar-refractivity contribution is 4.82. The molecule has 0 fully saturated rings. The van der Waals surface area contributed by atoms with Gasteiger partial charge in [0.25, 0.3) is 0 Å². The minimum Gasteiger partial charge on any atom is -1.00 e. The molecule has 0 unspecified atom stereocenters. The maximum Gasteiger partial charge on any atom is 0.130 e. The largest absolute Gasteiger partial charge is 1.00 e. The number of unbranched alkanes of at least 4 members (excludes halogenated alkanes) is 8. The predicted molar refractivity (Wildman–Crippen MR) is 128 cm³/mol. The van der Waals surface area contributed by atoms with Gasteiger partial charge in [0.15, 0.2) is 0 Å². The summed E-state index contributed by atoms with van der Waals surface area (Å²) in [7, 11) is 6.66. The first kappa shape index (κ1) is 31.8. The molecule has 30 heavy (non-hydrogen) atoms. The first-order valence-electron chi connectivity index (χ1n) is 12.3. The van der Waals surface area contributed by atoms with E-state index in [0.717, 1.165) is 49.9 Å². The third-order valence-electron chi connectivity index (χ3n) is 4.87. The van der Waals surface area contributed by atoms with Crippen molar-refractivity contribution in [1.29, 1.82) is 0 Å². The third-order valence-corrected chi connectivity index (χ3v) is 4.87. The van der Waals surface area contributed by atoms with Crippen molar-refractivity contribution in [3.05, 3.63) is 24.3 Å². The average Bonchev–Trinajstić information content (AvgIpc) is 2.66. The van der Waals surface area contributed by atoms with Gasteiger partial charge in [0, 0.05) is 13.2 Å². The standard InChI is InChI=1S/C26H52NO2.ClH/c1-6-8-10-12-14-16-18-20-22-28-25-26(24-27(3,4)5)29-23-21-19-17-15-13-11-9-7-2;/h14-17,26H,6-13,18-25H2,1-5H3;1H/q+1;/p-1/b16-14-,17-15-;/t26-;/m0./s1. The highest BCUT2D eigenvalue weighted by Gasteiger charge is 2.18. The Bertz CT molecular complexity index is 391. The van der Waals surface area contributed by atoms with E-state index in [0.29, 0.717) is 6.61 Å². The molecule has 0 heterocycles. The zero-order valence-corrected chi connectivity index (χ0v) is 21.6. The molecule has 180 valence electrons. The molecule has 0 saturated heterocycles. The molecule has 0 radical (unpaired) electrons. The Balaban J connectivity index is 0. The van der Waals surface area contributed by atoms with Gasteiger partial charge >= 0.3 is 0 Å². The quantitative estimate of drug-likeness (QED) is 0.151. The summed E-state index contributed by atoms with van der Waals surface area (Å²) in [5.41, 5.74) is 0. The summed E-state index contributed by atoms with van der Waals surface area (Å²) in [6.07, 6.45) is 24.3. The van der Waals surface area contributed by atoms with E-state index in [-0.39, 0.29) is 18.5 Å². The molecule has 0 bridgehead atoms. The van der Waals surface area contributed by atoms with Gasteiger partial charge in [-0.2, -0.15) is 0 Å². The maximum atomic E-state index is 6.16. The monoisotopic (exact) mass is 445 g/mol. The predicted octanol–water partition coefficient (Wildman–Crippen LogP) is 3.93. The van der Waals surface area contributed by atoms with Crippen LogP contribution in [-0.2, 0) is 9.47 Å². The van der Waals surface area contributed by atoms with Gasteiger partial charge < -0.3 is 26.4 Å².